The summed E-state index contributed by atoms with van der Waals surface area (Å²) in [5.74, 6) is -0.407. The van der Waals surface area contributed by atoms with Crippen molar-refractivity contribution in [2.75, 3.05) is 13.8 Å². The van der Waals surface area contributed by atoms with E-state index in [4.69, 9.17) is 0 Å². The fraction of sp³-hybridized carbons (Fsp3) is 0.625. The second-order valence-electron chi connectivity index (χ2n) is 2.52. The van der Waals surface area contributed by atoms with E-state index in [0.717, 1.165) is 3.58 Å². The molecule has 1 amide bonds. The third-order valence-electron chi connectivity index (χ3n) is 1.32. The summed E-state index contributed by atoms with van der Waals surface area (Å²) in [4.78, 5) is 11.0. The van der Waals surface area contributed by atoms with Gasteiger partial charge in [0, 0.05) is 13.5 Å². The summed E-state index contributed by atoms with van der Waals surface area (Å²) >= 11 is 2.12. The van der Waals surface area contributed by atoms with Crippen LogP contribution in [0, 0.1) is 0 Å². The van der Waals surface area contributed by atoms with E-state index < -0.39 is 12.0 Å². The van der Waals surface area contributed by atoms with Gasteiger partial charge in [-0.25, -0.2) is 0 Å². The summed E-state index contributed by atoms with van der Waals surface area (Å²) in [5, 5.41) is 11.7. The van der Waals surface area contributed by atoms with Crippen molar-refractivity contribution < 1.29 is 14.6 Å². The number of hydrogen-bond acceptors (Lipinski definition) is 3. The standard InChI is InChI=1S/C8H14INO3/c1-6(9)3-4-7(11)8(12)10-5-13-2/h3,7,11H,4-5H2,1-2H3,(H,10,12)/b6-3-/t7-/m0/s1. The Kier molecular flexibility index (Phi) is 7.20. The predicted molar refractivity (Wildman–Crippen MR) is 58.4 cm³/mol. The Morgan fingerprint density at radius 3 is 2.85 bits per heavy atom. The van der Waals surface area contributed by atoms with E-state index in [1.54, 1.807) is 6.08 Å². The third-order valence-corrected chi connectivity index (χ3v) is 1.76. The lowest BCUT2D eigenvalue weighted by molar-refractivity contribution is -0.130. The summed E-state index contributed by atoms with van der Waals surface area (Å²) in [6.45, 7) is 2.03. The number of halogens is 1. The Bertz CT molecular complexity index is 190. The predicted octanol–water partition coefficient (Wildman–Crippen LogP) is 0.796. The van der Waals surface area contributed by atoms with Gasteiger partial charge in [-0.2, -0.15) is 0 Å². The Morgan fingerprint density at radius 2 is 2.38 bits per heavy atom. The summed E-state index contributed by atoms with van der Waals surface area (Å²) in [7, 11) is 1.47. The molecular weight excluding hydrogens is 285 g/mol. The maximum absolute atomic E-state index is 11.0. The fourth-order valence-electron chi connectivity index (χ4n) is 0.642. The number of ether oxygens (including phenoxy) is 1. The molecule has 2 N–H and O–H groups in total. The van der Waals surface area contributed by atoms with E-state index in [-0.39, 0.29) is 6.73 Å². The van der Waals surface area contributed by atoms with Gasteiger partial charge < -0.3 is 15.2 Å². The Balaban J connectivity index is 3.76. The molecule has 5 heteroatoms. The zero-order chi connectivity index (χ0) is 10.3. The van der Waals surface area contributed by atoms with Crippen LogP contribution in [0.5, 0.6) is 0 Å². The van der Waals surface area contributed by atoms with Gasteiger partial charge in [0.15, 0.2) is 0 Å². The first-order valence-corrected chi connectivity index (χ1v) is 4.92. The highest BCUT2D eigenvalue weighted by Crippen LogP contribution is 2.06. The van der Waals surface area contributed by atoms with Crippen molar-refractivity contribution in [1.29, 1.82) is 0 Å². The zero-order valence-electron chi connectivity index (χ0n) is 7.71. The van der Waals surface area contributed by atoms with E-state index >= 15 is 0 Å². The molecular formula is C8H14INO3. The highest BCUT2D eigenvalue weighted by molar-refractivity contribution is 14.1. The number of allylic oxidation sites excluding steroid dienone is 1. The molecule has 0 spiro atoms. The summed E-state index contributed by atoms with van der Waals surface area (Å²) < 4.78 is 5.68. The highest BCUT2D eigenvalue weighted by Gasteiger charge is 2.11. The number of hydrogen-bond donors (Lipinski definition) is 2. The molecule has 0 unspecified atom stereocenters. The lowest BCUT2D eigenvalue weighted by Crippen LogP contribution is -2.35. The van der Waals surface area contributed by atoms with Crippen LogP contribution in [0.1, 0.15) is 13.3 Å². The molecule has 0 saturated carbocycles. The lowest BCUT2D eigenvalue weighted by atomic mass is 10.2. The van der Waals surface area contributed by atoms with E-state index in [2.05, 4.69) is 32.6 Å². The van der Waals surface area contributed by atoms with Crippen LogP contribution in [-0.2, 0) is 9.53 Å². The summed E-state index contributed by atoms with van der Waals surface area (Å²) in [5.41, 5.74) is 0. The molecule has 0 aliphatic rings. The van der Waals surface area contributed by atoms with Crippen LogP contribution in [-0.4, -0.2) is 31.0 Å². The van der Waals surface area contributed by atoms with Crippen molar-refractivity contribution in [3.63, 3.8) is 0 Å². The average Bonchev–Trinajstić information content (AvgIpc) is 2.10. The minimum atomic E-state index is -0.986. The minimum absolute atomic E-state index is 0.128. The van der Waals surface area contributed by atoms with Gasteiger partial charge in [-0.05, 0) is 33.1 Å². The normalized spacial score (nSPS) is 14.0. The van der Waals surface area contributed by atoms with E-state index in [1.165, 1.54) is 7.11 Å². The number of amides is 1. The molecule has 0 fully saturated rings. The molecule has 0 rings (SSSR count). The molecule has 1 atom stereocenters. The van der Waals surface area contributed by atoms with Gasteiger partial charge in [0.1, 0.15) is 12.8 Å². The fourth-order valence-corrected chi connectivity index (χ4v) is 0.896. The van der Waals surface area contributed by atoms with Gasteiger partial charge in [-0.1, -0.05) is 6.08 Å². The van der Waals surface area contributed by atoms with E-state index in [0.29, 0.717) is 6.42 Å². The first kappa shape index (κ1) is 12.9. The van der Waals surface area contributed by atoms with Crippen molar-refractivity contribution in [3.05, 3.63) is 9.66 Å². The molecule has 0 aromatic heterocycles. The van der Waals surface area contributed by atoms with E-state index in [1.807, 2.05) is 6.92 Å². The molecule has 13 heavy (non-hydrogen) atoms. The Hall–Kier alpha value is -0.140. The van der Waals surface area contributed by atoms with Crippen LogP contribution >= 0.6 is 22.6 Å². The molecule has 0 radical (unpaired) electrons. The molecule has 0 saturated heterocycles. The third kappa shape index (κ3) is 6.97. The Labute approximate surface area is 91.5 Å². The number of carbonyl (C=O) groups is 1. The highest BCUT2D eigenvalue weighted by atomic mass is 127. The number of rotatable bonds is 5. The number of aliphatic hydroxyl groups excluding tert-OH is 1. The molecule has 0 aliphatic carbocycles. The SMILES string of the molecule is COCNC(=O)[C@@H](O)C/C=C(/C)I. The number of methoxy groups -OCH3 is 1. The average molecular weight is 299 g/mol. The maximum atomic E-state index is 11.0. The topological polar surface area (TPSA) is 58.6 Å². The van der Waals surface area contributed by atoms with Crippen molar-refractivity contribution in [2.24, 2.45) is 0 Å². The van der Waals surface area contributed by atoms with Gasteiger partial charge in [0.2, 0.25) is 0 Å². The van der Waals surface area contributed by atoms with Crippen molar-refractivity contribution in [3.8, 4) is 0 Å². The number of carbonyl (C=O) groups excluding carboxylic acids is 1. The first-order valence-electron chi connectivity index (χ1n) is 3.85. The molecule has 0 heterocycles. The molecule has 0 bridgehead atoms. The smallest absolute Gasteiger partial charge is 0.250 e. The van der Waals surface area contributed by atoms with Crippen LogP contribution in [0.2, 0.25) is 0 Å². The van der Waals surface area contributed by atoms with Crippen LogP contribution in [0.25, 0.3) is 0 Å². The lowest BCUT2D eigenvalue weighted by Gasteiger charge is -2.08. The van der Waals surface area contributed by atoms with Crippen LogP contribution in [0.4, 0.5) is 0 Å². The first-order chi connectivity index (χ1) is 6.07. The largest absolute Gasteiger partial charge is 0.383 e. The molecule has 0 aromatic rings. The summed E-state index contributed by atoms with van der Waals surface area (Å²) in [6, 6.07) is 0. The molecule has 4 nitrogen and oxygen atoms in total. The van der Waals surface area contributed by atoms with Gasteiger partial charge in [-0.15, -0.1) is 0 Å². The zero-order valence-corrected chi connectivity index (χ0v) is 9.87. The van der Waals surface area contributed by atoms with Crippen LogP contribution in [0.15, 0.2) is 9.66 Å². The van der Waals surface area contributed by atoms with Gasteiger partial charge in [0.25, 0.3) is 5.91 Å². The number of aliphatic hydroxyl groups is 1. The van der Waals surface area contributed by atoms with Gasteiger partial charge in [-0.3, -0.25) is 4.79 Å². The molecule has 0 aliphatic heterocycles. The van der Waals surface area contributed by atoms with Crippen LogP contribution in [0.3, 0.4) is 0 Å². The quantitative estimate of drug-likeness (QED) is 0.583. The second kappa shape index (κ2) is 7.28. The monoisotopic (exact) mass is 299 g/mol. The molecule has 76 valence electrons. The minimum Gasteiger partial charge on any atom is -0.383 e. The van der Waals surface area contributed by atoms with Crippen molar-refractivity contribution in [2.45, 2.75) is 19.4 Å². The van der Waals surface area contributed by atoms with Crippen molar-refractivity contribution >= 4 is 28.5 Å². The van der Waals surface area contributed by atoms with Gasteiger partial charge >= 0.3 is 0 Å². The maximum Gasteiger partial charge on any atom is 0.250 e. The second-order valence-corrected chi connectivity index (χ2v) is 4.22. The van der Waals surface area contributed by atoms with Crippen molar-refractivity contribution in [1.82, 2.24) is 5.32 Å². The van der Waals surface area contributed by atoms with E-state index in [9.17, 15) is 9.90 Å². The Morgan fingerprint density at radius 1 is 1.77 bits per heavy atom. The van der Waals surface area contributed by atoms with Gasteiger partial charge in [0.05, 0.1) is 0 Å². The number of nitrogens with one attached hydrogen (secondary N) is 1. The summed E-state index contributed by atoms with van der Waals surface area (Å²) in [6.07, 6.45) is 1.15. The molecule has 0 aromatic carbocycles. The van der Waals surface area contributed by atoms with Crippen LogP contribution < -0.4 is 5.32 Å².